The zero-order valence-corrected chi connectivity index (χ0v) is 22.1. The molecule has 37 heavy (non-hydrogen) atoms. The summed E-state index contributed by atoms with van der Waals surface area (Å²) in [5.74, 6) is 0.427. The van der Waals surface area contributed by atoms with E-state index >= 15 is 0 Å². The van der Waals surface area contributed by atoms with Crippen LogP contribution in [0.25, 0.3) is 21.6 Å². The van der Waals surface area contributed by atoms with Gasteiger partial charge >= 0.3 is 0 Å². The maximum absolute atomic E-state index is 13.5. The minimum absolute atomic E-state index is 0.0813. The summed E-state index contributed by atoms with van der Waals surface area (Å²) in [6, 6.07) is 3.36. The fourth-order valence-electron chi connectivity index (χ4n) is 4.92. The molecule has 0 spiro atoms. The van der Waals surface area contributed by atoms with E-state index in [1.807, 2.05) is 6.92 Å². The maximum Gasteiger partial charge on any atom is 0.291 e. The number of hydrogen-bond acceptors (Lipinski definition) is 10. The second-order valence-corrected chi connectivity index (χ2v) is 12.8. The summed E-state index contributed by atoms with van der Waals surface area (Å²) in [6.45, 7) is 7.92. The number of nitrogens with zero attached hydrogens (tertiary/aromatic N) is 6. The monoisotopic (exact) mass is 551 g/mol. The highest BCUT2D eigenvalue weighted by Gasteiger charge is 2.42. The lowest BCUT2D eigenvalue weighted by Crippen LogP contribution is -2.58. The van der Waals surface area contributed by atoms with Gasteiger partial charge in [-0.2, -0.15) is 0 Å². The largest absolute Gasteiger partial charge is 0.378 e. The number of benzene rings is 1. The Morgan fingerprint density at radius 3 is 2.73 bits per heavy atom. The molecule has 0 radical (unpaired) electrons. The lowest BCUT2D eigenvalue weighted by molar-refractivity contribution is -0.0116. The van der Waals surface area contributed by atoms with Crippen molar-refractivity contribution in [2.75, 3.05) is 44.3 Å². The molecule has 0 bridgehead atoms. The summed E-state index contributed by atoms with van der Waals surface area (Å²) >= 11 is 0.743. The molecule has 14 heteroatoms. The minimum atomic E-state index is -3.87. The van der Waals surface area contributed by atoms with Gasteiger partial charge in [-0.1, -0.05) is 11.3 Å². The summed E-state index contributed by atoms with van der Waals surface area (Å²) in [5, 5.41) is 7.78. The number of nitrogens with one attached hydrogen (secondary N) is 1. The average Bonchev–Trinajstić information content (AvgIpc) is 3.37. The fraction of sp³-hybridized carbons (Fsp3) is 0.565. The van der Waals surface area contributed by atoms with E-state index in [1.54, 1.807) is 13.0 Å². The maximum atomic E-state index is 13.5. The van der Waals surface area contributed by atoms with Crippen molar-refractivity contribution in [2.24, 2.45) is 0 Å². The molecule has 1 saturated carbocycles. The van der Waals surface area contributed by atoms with Gasteiger partial charge in [0.2, 0.25) is 10.0 Å². The van der Waals surface area contributed by atoms with E-state index in [1.165, 1.54) is 6.07 Å². The highest BCUT2D eigenvalue weighted by molar-refractivity contribution is 7.89. The molecule has 0 amide bonds. The Hall–Kier alpha value is -2.39. The minimum Gasteiger partial charge on any atom is -0.378 e. The number of aryl methyl sites for hydroxylation is 1. The second-order valence-electron chi connectivity index (χ2n) is 10.1. The molecule has 6 rings (SSSR count). The van der Waals surface area contributed by atoms with Crippen molar-refractivity contribution >= 4 is 38.0 Å². The Balaban J connectivity index is 1.52. The number of rotatable bonds is 6. The van der Waals surface area contributed by atoms with Gasteiger partial charge in [0.05, 0.1) is 35.4 Å². The normalized spacial score (nSPS) is 22.0. The van der Waals surface area contributed by atoms with Crippen LogP contribution in [-0.2, 0) is 14.8 Å². The SMILES string of the molecule is Cc1nc(-c2nnc(C(F)F)s2)c2cc(S(=O)(=O)NC3(C)CC3)cc(N3CCN4CCOC[C@@H]4C3)c2n1. The predicted octanol–water partition coefficient (Wildman–Crippen LogP) is 2.75. The number of hydrogen-bond donors (Lipinski definition) is 1. The Bertz CT molecular complexity index is 1460. The molecule has 3 aromatic rings. The standard InChI is InChI=1S/C23H27F2N7O3S2/c1-13-26-18-16(19(27-13)21-28-29-22(36-21)20(24)25)9-15(37(33,34)30-23(2)3-4-23)10-17(18)32-6-5-31-7-8-35-12-14(31)11-32/h9-10,14,20,30H,3-8,11-12H2,1-2H3/t14-/m0/s1. The lowest BCUT2D eigenvalue weighted by atomic mass is 10.1. The van der Waals surface area contributed by atoms with E-state index in [0.29, 0.717) is 54.4 Å². The number of fused-ring (bicyclic) bond motifs is 2. The Morgan fingerprint density at radius 1 is 1.19 bits per heavy atom. The van der Waals surface area contributed by atoms with Crippen LogP contribution in [-0.4, -0.2) is 84.5 Å². The molecule has 1 atom stereocenters. The van der Waals surface area contributed by atoms with Crippen molar-refractivity contribution in [3.8, 4) is 10.7 Å². The van der Waals surface area contributed by atoms with Crippen molar-refractivity contribution in [3.63, 3.8) is 0 Å². The molecular weight excluding hydrogens is 524 g/mol. The van der Waals surface area contributed by atoms with E-state index in [2.05, 4.69) is 34.7 Å². The summed E-state index contributed by atoms with van der Waals surface area (Å²) in [6.07, 6.45) is -1.22. The van der Waals surface area contributed by atoms with E-state index < -0.39 is 27.0 Å². The van der Waals surface area contributed by atoms with Crippen LogP contribution in [0.15, 0.2) is 17.0 Å². The number of ether oxygens (including phenoxy) is 1. The number of anilines is 1. The summed E-state index contributed by atoms with van der Waals surface area (Å²) in [4.78, 5) is 13.8. The van der Waals surface area contributed by atoms with Gasteiger partial charge < -0.3 is 9.64 Å². The van der Waals surface area contributed by atoms with Gasteiger partial charge in [0.15, 0.2) is 10.0 Å². The number of sulfonamides is 1. The first-order chi connectivity index (χ1) is 17.6. The lowest BCUT2D eigenvalue weighted by Gasteiger charge is -2.44. The van der Waals surface area contributed by atoms with Crippen molar-refractivity contribution in [1.29, 1.82) is 0 Å². The van der Waals surface area contributed by atoms with Gasteiger partial charge in [0.25, 0.3) is 6.43 Å². The first-order valence-corrected chi connectivity index (χ1v) is 14.5. The third-order valence-electron chi connectivity index (χ3n) is 7.17. The molecule has 198 valence electrons. The quantitative estimate of drug-likeness (QED) is 0.494. The Morgan fingerprint density at radius 2 is 2.00 bits per heavy atom. The van der Waals surface area contributed by atoms with E-state index in [0.717, 1.165) is 37.3 Å². The number of halogens is 2. The highest BCUT2D eigenvalue weighted by Crippen LogP contribution is 2.40. The Kier molecular flexibility index (Phi) is 6.14. The number of alkyl halides is 2. The van der Waals surface area contributed by atoms with Crippen molar-refractivity contribution < 1.29 is 21.9 Å². The first-order valence-electron chi connectivity index (χ1n) is 12.2. The molecule has 10 nitrogen and oxygen atoms in total. The molecular formula is C23H27F2N7O3S2. The predicted molar refractivity (Wildman–Crippen MR) is 134 cm³/mol. The zero-order chi connectivity index (χ0) is 25.9. The van der Waals surface area contributed by atoms with Gasteiger partial charge in [0.1, 0.15) is 11.5 Å². The van der Waals surface area contributed by atoms with Crippen LogP contribution in [0.1, 0.15) is 37.0 Å². The summed E-state index contributed by atoms with van der Waals surface area (Å²) < 4.78 is 62.0. The van der Waals surface area contributed by atoms with Crippen LogP contribution >= 0.6 is 11.3 Å². The Labute approximate surface area is 217 Å². The number of aromatic nitrogens is 4. The molecule has 4 heterocycles. The molecule has 3 aliphatic rings. The van der Waals surface area contributed by atoms with Crippen molar-refractivity contribution in [3.05, 3.63) is 23.0 Å². The number of morpholine rings is 1. The average molecular weight is 552 g/mol. The first kappa shape index (κ1) is 24.9. The summed E-state index contributed by atoms with van der Waals surface area (Å²) in [7, 11) is -3.87. The van der Waals surface area contributed by atoms with Crippen LogP contribution in [0, 0.1) is 6.92 Å². The van der Waals surface area contributed by atoms with Crippen LogP contribution in [0.4, 0.5) is 14.5 Å². The van der Waals surface area contributed by atoms with Crippen LogP contribution in [0.2, 0.25) is 0 Å². The summed E-state index contributed by atoms with van der Waals surface area (Å²) in [5.41, 5.74) is 1.05. The molecule has 2 aliphatic heterocycles. The second kappa shape index (κ2) is 9.12. The van der Waals surface area contributed by atoms with Gasteiger partial charge in [-0.3, -0.25) is 4.90 Å². The van der Waals surface area contributed by atoms with Crippen molar-refractivity contribution in [1.82, 2.24) is 29.8 Å². The van der Waals surface area contributed by atoms with Gasteiger partial charge in [-0.05, 0) is 38.8 Å². The third kappa shape index (κ3) is 4.80. The molecule has 2 saturated heterocycles. The molecule has 1 aliphatic carbocycles. The van der Waals surface area contributed by atoms with E-state index in [-0.39, 0.29) is 15.9 Å². The fourth-order valence-corrected chi connectivity index (χ4v) is 7.13. The van der Waals surface area contributed by atoms with Gasteiger partial charge in [-0.25, -0.2) is 31.9 Å². The molecule has 1 aromatic carbocycles. The molecule has 3 fully saturated rings. The topological polar surface area (TPSA) is 113 Å². The van der Waals surface area contributed by atoms with Crippen LogP contribution < -0.4 is 9.62 Å². The highest BCUT2D eigenvalue weighted by atomic mass is 32.2. The van der Waals surface area contributed by atoms with Crippen LogP contribution in [0.5, 0.6) is 0 Å². The van der Waals surface area contributed by atoms with E-state index in [9.17, 15) is 17.2 Å². The third-order valence-corrected chi connectivity index (χ3v) is 9.72. The number of piperazine rings is 1. The molecule has 1 N–H and O–H groups in total. The van der Waals surface area contributed by atoms with Crippen LogP contribution in [0.3, 0.4) is 0 Å². The molecule has 0 unspecified atom stereocenters. The molecule has 2 aromatic heterocycles. The smallest absolute Gasteiger partial charge is 0.291 e. The van der Waals surface area contributed by atoms with Gasteiger partial charge in [0, 0.05) is 37.1 Å². The van der Waals surface area contributed by atoms with Crippen molar-refractivity contribution in [2.45, 2.75) is 49.6 Å². The van der Waals surface area contributed by atoms with Gasteiger partial charge in [-0.15, -0.1) is 10.2 Å². The zero-order valence-electron chi connectivity index (χ0n) is 20.4. The van der Waals surface area contributed by atoms with E-state index in [4.69, 9.17) is 4.74 Å².